The molecule has 1 aliphatic rings. The lowest BCUT2D eigenvalue weighted by molar-refractivity contribution is 0.350. The molecule has 0 radical (unpaired) electrons. The van der Waals surface area contributed by atoms with Crippen molar-refractivity contribution in [1.29, 1.82) is 0 Å². The summed E-state index contributed by atoms with van der Waals surface area (Å²) in [4.78, 5) is 0. The third kappa shape index (κ3) is 5.37. The fourth-order valence-corrected chi connectivity index (χ4v) is 3.73. The molecule has 0 aliphatic heterocycles. The predicted molar refractivity (Wildman–Crippen MR) is 90.9 cm³/mol. The molecule has 0 saturated heterocycles. The number of halogens is 2. The predicted octanol–water partition coefficient (Wildman–Crippen LogP) is 5.99. The molecule has 0 bridgehead atoms. The third-order valence-corrected chi connectivity index (χ3v) is 5.01. The molecule has 1 aromatic rings. The molecule has 118 valence electrons. The summed E-state index contributed by atoms with van der Waals surface area (Å²) in [6, 6.07) is 5.44. The number of benzene rings is 1. The molecule has 1 unspecified atom stereocenters. The number of rotatable bonds is 6. The van der Waals surface area contributed by atoms with E-state index in [0.29, 0.717) is 0 Å². The summed E-state index contributed by atoms with van der Waals surface area (Å²) in [7, 11) is 0. The first kappa shape index (κ1) is 17.0. The van der Waals surface area contributed by atoms with E-state index in [0.717, 1.165) is 35.3 Å². The van der Waals surface area contributed by atoms with E-state index in [1.807, 2.05) is 6.07 Å². The summed E-state index contributed by atoms with van der Waals surface area (Å²) < 4.78 is 15.2. The van der Waals surface area contributed by atoms with E-state index in [1.54, 1.807) is 12.1 Å². The van der Waals surface area contributed by atoms with Crippen molar-refractivity contribution in [1.82, 2.24) is 5.32 Å². The summed E-state index contributed by atoms with van der Waals surface area (Å²) in [5.74, 6) is 0.653. The highest BCUT2D eigenvalue weighted by atomic mass is 79.9. The maximum absolute atomic E-state index is 14.2. The largest absolute Gasteiger partial charge is 0.310 e. The molecule has 0 amide bonds. The van der Waals surface area contributed by atoms with Crippen LogP contribution in [0.15, 0.2) is 22.7 Å². The normalized spacial score (nSPS) is 18.4. The van der Waals surface area contributed by atoms with E-state index in [9.17, 15) is 4.39 Å². The molecular formula is C18H27BrFN. The standard InChI is InChI=1S/C18H27BrFN/c1-2-11-21-18(12-14-7-5-3-4-6-8-14)16-13-15(19)9-10-17(16)20/h9-10,13-14,18,21H,2-8,11-12H2,1H3. The van der Waals surface area contributed by atoms with Crippen LogP contribution in [0.2, 0.25) is 0 Å². The Balaban J connectivity index is 2.10. The third-order valence-electron chi connectivity index (χ3n) is 4.52. The average Bonchev–Trinajstić information content (AvgIpc) is 2.75. The molecule has 1 saturated carbocycles. The molecule has 1 aromatic carbocycles. The molecule has 2 rings (SSSR count). The van der Waals surface area contributed by atoms with E-state index in [1.165, 1.54) is 38.5 Å². The summed E-state index contributed by atoms with van der Waals surface area (Å²) in [5.41, 5.74) is 0.821. The fraction of sp³-hybridized carbons (Fsp3) is 0.667. The number of hydrogen-bond donors (Lipinski definition) is 1. The van der Waals surface area contributed by atoms with Gasteiger partial charge in [0.05, 0.1) is 0 Å². The van der Waals surface area contributed by atoms with Gasteiger partial charge in [-0.2, -0.15) is 0 Å². The Hall–Kier alpha value is -0.410. The van der Waals surface area contributed by atoms with Crippen molar-refractivity contribution in [2.24, 2.45) is 5.92 Å². The van der Waals surface area contributed by atoms with E-state index < -0.39 is 0 Å². The lowest BCUT2D eigenvalue weighted by Crippen LogP contribution is -2.25. The highest BCUT2D eigenvalue weighted by molar-refractivity contribution is 9.10. The van der Waals surface area contributed by atoms with Gasteiger partial charge < -0.3 is 5.32 Å². The minimum Gasteiger partial charge on any atom is -0.310 e. The van der Waals surface area contributed by atoms with Crippen LogP contribution in [-0.4, -0.2) is 6.54 Å². The summed E-state index contributed by atoms with van der Waals surface area (Å²) >= 11 is 3.48. The van der Waals surface area contributed by atoms with Gasteiger partial charge in [0, 0.05) is 16.1 Å². The van der Waals surface area contributed by atoms with Crippen LogP contribution in [0.3, 0.4) is 0 Å². The Morgan fingerprint density at radius 1 is 1.24 bits per heavy atom. The quantitative estimate of drug-likeness (QED) is 0.618. The van der Waals surface area contributed by atoms with Crippen molar-refractivity contribution in [3.63, 3.8) is 0 Å². The lowest BCUT2D eigenvalue weighted by Gasteiger charge is -2.25. The second-order valence-electron chi connectivity index (χ2n) is 6.27. The molecule has 0 heterocycles. The van der Waals surface area contributed by atoms with Gasteiger partial charge in [0.15, 0.2) is 0 Å². The molecule has 1 N–H and O–H groups in total. The second-order valence-corrected chi connectivity index (χ2v) is 7.18. The van der Waals surface area contributed by atoms with Crippen LogP contribution in [-0.2, 0) is 0 Å². The minimum atomic E-state index is -0.0829. The smallest absolute Gasteiger partial charge is 0.128 e. The van der Waals surface area contributed by atoms with E-state index in [4.69, 9.17) is 0 Å². The van der Waals surface area contributed by atoms with Gasteiger partial charge in [-0.25, -0.2) is 4.39 Å². The van der Waals surface area contributed by atoms with Crippen LogP contribution in [0.5, 0.6) is 0 Å². The monoisotopic (exact) mass is 355 g/mol. The molecule has 21 heavy (non-hydrogen) atoms. The van der Waals surface area contributed by atoms with Gasteiger partial charge in [-0.15, -0.1) is 0 Å². The molecule has 1 atom stereocenters. The Kier molecular flexibility index (Phi) is 7.18. The highest BCUT2D eigenvalue weighted by Gasteiger charge is 2.21. The first-order valence-electron chi connectivity index (χ1n) is 8.39. The van der Waals surface area contributed by atoms with E-state index >= 15 is 0 Å². The fourth-order valence-electron chi connectivity index (χ4n) is 3.35. The summed E-state index contributed by atoms with van der Waals surface area (Å²) in [6.07, 6.45) is 10.2. The SMILES string of the molecule is CCCNC(CC1CCCCCC1)c1cc(Br)ccc1F. The Morgan fingerprint density at radius 2 is 1.95 bits per heavy atom. The van der Waals surface area contributed by atoms with Gasteiger partial charge in [-0.1, -0.05) is 61.4 Å². The van der Waals surface area contributed by atoms with Crippen LogP contribution in [0.1, 0.15) is 69.9 Å². The van der Waals surface area contributed by atoms with Crippen LogP contribution >= 0.6 is 15.9 Å². The first-order valence-corrected chi connectivity index (χ1v) is 9.18. The average molecular weight is 356 g/mol. The van der Waals surface area contributed by atoms with Crippen LogP contribution in [0.4, 0.5) is 4.39 Å². The van der Waals surface area contributed by atoms with Gasteiger partial charge in [-0.3, -0.25) is 0 Å². The van der Waals surface area contributed by atoms with Crippen molar-refractivity contribution >= 4 is 15.9 Å². The molecule has 3 heteroatoms. The van der Waals surface area contributed by atoms with Crippen LogP contribution in [0.25, 0.3) is 0 Å². The van der Waals surface area contributed by atoms with E-state index in [2.05, 4.69) is 28.2 Å². The molecule has 0 spiro atoms. The van der Waals surface area contributed by atoms with Crippen LogP contribution < -0.4 is 5.32 Å². The summed E-state index contributed by atoms with van der Waals surface area (Å²) in [6.45, 7) is 3.11. The Morgan fingerprint density at radius 3 is 2.62 bits per heavy atom. The molecule has 0 aromatic heterocycles. The molecule has 1 fully saturated rings. The lowest BCUT2D eigenvalue weighted by atomic mass is 9.89. The van der Waals surface area contributed by atoms with Gasteiger partial charge in [0.25, 0.3) is 0 Å². The second kappa shape index (κ2) is 8.89. The van der Waals surface area contributed by atoms with Crippen molar-refractivity contribution in [3.8, 4) is 0 Å². The van der Waals surface area contributed by atoms with Crippen molar-refractivity contribution in [3.05, 3.63) is 34.1 Å². The van der Waals surface area contributed by atoms with Gasteiger partial charge in [0.2, 0.25) is 0 Å². The zero-order chi connectivity index (χ0) is 15.1. The highest BCUT2D eigenvalue weighted by Crippen LogP contribution is 2.33. The van der Waals surface area contributed by atoms with Gasteiger partial charge in [0.1, 0.15) is 5.82 Å². The van der Waals surface area contributed by atoms with Crippen molar-refractivity contribution in [2.75, 3.05) is 6.54 Å². The van der Waals surface area contributed by atoms with Crippen molar-refractivity contribution in [2.45, 2.75) is 64.3 Å². The molecule has 1 nitrogen and oxygen atoms in total. The van der Waals surface area contributed by atoms with Crippen molar-refractivity contribution < 1.29 is 4.39 Å². The molecule has 1 aliphatic carbocycles. The van der Waals surface area contributed by atoms with Gasteiger partial charge >= 0.3 is 0 Å². The minimum absolute atomic E-state index is 0.0829. The summed E-state index contributed by atoms with van der Waals surface area (Å²) in [5, 5.41) is 3.56. The number of hydrogen-bond acceptors (Lipinski definition) is 1. The molecular weight excluding hydrogens is 329 g/mol. The zero-order valence-electron chi connectivity index (χ0n) is 13.0. The maximum atomic E-state index is 14.2. The maximum Gasteiger partial charge on any atom is 0.128 e. The topological polar surface area (TPSA) is 12.0 Å². The first-order chi connectivity index (χ1) is 10.2. The number of nitrogens with one attached hydrogen (secondary N) is 1. The Bertz CT molecular complexity index is 427. The van der Waals surface area contributed by atoms with E-state index in [-0.39, 0.29) is 11.9 Å². The zero-order valence-corrected chi connectivity index (χ0v) is 14.6. The van der Waals surface area contributed by atoms with Gasteiger partial charge in [-0.05, 0) is 43.5 Å². The van der Waals surface area contributed by atoms with Crippen LogP contribution in [0, 0.1) is 11.7 Å². The Labute approximate surface area is 136 Å².